The van der Waals surface area contributed by atoms with E-state index < -0.39 is 10.0 Å². The number of carbonyl (C=O) groups is 1. The molecule has 1 saturated heterocycles. The van der Waals surface area contributed by atoms with Crippen LogP contribution in [-0.2, 0) is 27.7 Å². The molecule has 4 rings (SSSR count). The van der Waals surface area contributed by atoms with Crippen molar-refractivity contribution in [3.8, 4) is 5.75 Å². The summed E-state index contributed by atoms with van der Waals surface area (Å²) in [6.07, 6.45) is 5.50. The second kappa shape index (κ2) is 9.63. The number of nitrogens with zero attached hydrogens (tertiary/aromatic N) is 2. The van der Waals surface area contributed by atoms with Gasteiger partial charge in [0, 0.05) is 32.2 Å². The molecule has 172 valence electrons. The Morgan fingerprint density at radius 1 is 1.06 bits per heavy atom. The van der Waals surface area contributed by atoms with E-state index in [0.717, 1.165) is 55.5 Å². The summed E-state index contributed by atoms with van der Waals surface area (Å²) in [4.78, 5) is 14.0. The van der Waals surface area contributed by atoms with Crippen LogP contribution in [0.3, 0.4) is 0 Å². The fourth-order valence-electron chi connectivity index (χ4n) is 4.81. The molecule has 0 aliphatic carbocycles. The summed E-state index contributed by atoms with van der Waals surface area (Å²) in [6, 6.07) is 13.4. The molecule has 2 aliphatic heterocycles. The number of rotatable bonds is 6. The number of fused-ring (bicyclic) bond motifs is 1. The predicted molar refractivity (Wildman–Crippen MR) is 126 cm³/mol. The normalized spacial score (nSPS) is 17.8. The van der Waals surface area contributed by atoms with Gasteiger partial charge in [-0.2, -0.15) is 4.31 Å². The number of piperidine rings is 1. The van der Waals surface area contributed by atoms with E-state index in [9.17, 15) is 13.2 Å². The molecule has 0 spiro atoms. The number of ether oxygens (including phenoxy) is 1. The molecular formula is C25H32N2O4S. The van der Waals surface area contributed by atoms with Crippen molar-refractivity contribution in [2.45, 2.75) is 50.3 Å². The number of amides is 1. The summed E-state index contributed by atoms with van der Waals surface area (Å²) in [5, 5.41) is 0. The zero-order valence-corrected chi connectivity index (χ0v) is 19.7. The van der Waals surface area contributed by atoms with Crippen molar-refractivity contribution >= 4 is 21.6 Å². The molecule has 1 amide bonds. The zero-order valence-electron chi connectivity index (χ0n) is 18.9. The summed E-state index contributed by atoms with van der Waals surface area (Å²) in [5.74, 6) is 1.40. The lowest BCUT2D eigenvalue weighted by molar-refractivity contribution is -0.116. The topological polar surface area (TPSA) is 66.9 Å². The summed E-state index contributed by atoms with van der Waals surface area (Å²) in [5.41, 5.74) is 3.08. The van der Waals surface area contributed by atoms with Gasteiger partial charge in [-0.1, -0.05) is 12.1 Å². The SMILES string of the molecule is COc1ccc(CCC2CCN(S(=O)(=O)c3ccc4c(c3)CCCN4C(C)=O)CC2)cc1. The first kappa shape index (κ1) is 22.8. The van der Waals surface area contributed by atoms with Crippen LogP contribution in [0.1, 0.15) is 43.7 Å². The fourth-order valence-corrected chi connectivity index (χ4v) is 6.33. The molecule has 6 nitrogen and oxygen atoms in total. The van der Waals surface area contributed by atoms with Crippen molar-refractivity contribution in [1.29, 1.82) is 0 Å². The van der Waals surface area contributed by atoms with E-state index in [1.54, 1.807) is 41.4 Å². The molecule has 0 saturated carbocycles. The highest BCUT2D eigenvalue weighted by atomic mass is 32.2. The maximum atomic E-state index is 13.3. The van der Waals surface area contributed by atoms with Gasteiger partial charge >= 0.3 is 0 Å². The van der Waals surface area contributed by atoms with Crippen molar-refractivity contribution in [1.82, 2.24) is 4.31 Å². The molecule has 1 fully saturated rings. The molecule has 2 aromatic carbocycles. The van der Waals surface area contributed by atoms with Crippen LogP contribution in [0.15, 0.2) is 47.4 Å². The second-order valence-electron chi connectivity index (χ2n) is 8.80. The van der Waals surface area contributed by atoms with Gasteiger partial charge in [-0.05, 0) is 85.9 Å². The van der Waals surface area contributed by atoms with Crippen LogP contribution >= 0.6 is 0 Å². The van der Waals surface area contributed by atoms with Gasteiger partial charge in [0.2, 0.25) is 15.9 Å². The Kier molecular flexibility index (Phi) is 6.86. The van der Waals surface area contributed by atoms with Gasteiger partial charge in [0.05, 0.1) is 12.0 Å². The van der Waals surface area contributed by atoms with Gasteiger partial charge in [0.15, 0.2) is 0 Å². The fraction of sp³-hybridized carbons (Fsp3) is 0.480. The lowest BCUT2D eigenvalue weighted by atomic mass is 9.91. The minimum absolute atomic E-state index is 0.00160. The largest absolute Gasteiger partial charge is 0.497 e. The van der Waals surface area contributed by atoms with E-state index in [1.165, 1.54) is 5.56 Å². The molecule has 2 aromatic rings. The molecule has 0 N–H and O–H groups in total. The third-order valence-corrected chi connectivity index (χ3v) is 8.66. The molecule has 0 radical (unpaired) electrons. The highest BCUT2D eigenvalue weighted by Gasteiger charge is 2.30. The van der Waals surface area contributed by atoms with E-state index >= 15 is 0 Å². The van der Waals surface area contributed by atoms with E-state index in [1.807, 2.05) is 12.1 Å². The Morgan fingerprint density at radius 2 is 1.78 bits per heavy atom. The van der Waals surface area contributed by atoms with Gasteiger partial charge in [0.1, 0.15) is 5.75 Å². The molecule has 2 heterocycles. The van der Waals surface area contributed by atoms with Crippen LogP contribution in [0.4, 0.5) is 5.69 Å². The van der Waals surface area contributed by atoms with E-state index in [-0.39, 0.29) is 5.91 Å². The van der Waals surface area contributed by atoms with Crippen LogP contribution < -0.4 is 9.64 Å². The van der Waals surface area contributed by atoms with Crippen molar-refractivity contribution in [2.75, 3.05) is 31.6 Å². The lowest BCUT2D eigenvalue weighted by Gasteiger charge is -2.32. The predicted octanol–water partition coefficient (Wildman–Crippen LogP) is 4.03. The third kappa shape index (κ3) is 4.84. The number of hydrogen-bond acceptors (Lipinski definition) is 4. The Morgan fingerprint density at radius 3 is 2.44 bits per heavy atom. The van der Waals surface area contributed by atoms with Gasteiger partial charge in [-0.3, -0.25) is 4.79 Å². The quantitative estimate of drug-likeness (QED) is 0.658. The number of methoxy groups -OCH3 is 1. The van der Waals surface area contributed by atoms with Crippen molar-refractivity contribution < 1.29 is 17.9 Å². The van der Waals surface area contributed by atoms with Gasteiger partial charge in [-0.15, -0.1) is 0 Å². The number of hydrogen-bond donors (Lipinski definition) is 0. The van der Waals surface area contributed by atoms with Crippen molar-refractivity contribution in [3.05, 3.63) is 53.6 Å². The van der Waals surface area contributed by atoms with E-state index in [4.69, 9.17) is 4.74 Å². The average molecular weight is 457 g/mol. The first-order chi connectivity index (χ1) is 15.4. The number of aryl methyl sites for hydroxylation is 2. The first-order valence-corrected chi connectivity index (χ1v) is 12.9. The summed E-state index contributed by atoms with van der Waals surface area (Å²) >= 11 is 0. The number of anilines is 1. The monoisotopic (exact) mass is 456 g/mol. The van der Waals surface area contributed by atoms with Crippen LogP contribution in [0, 0.1) is 5.92 Å². The number of sulfonamides is 1. The van der Waals surface area contributed by atoms with Crippen molar-refractivity contribution in [3.63, 3.8) is 0 Å². The summed E-state index contributed by atoms with van der Waals surface area (Å²) in [6.45, 7) is 3.37. The molecular weight excluding hydrogens is 424 g/mol. The van der Waals surface area contributed by atoms with Gasteiger partial charge < -0.3 is 9.64 Å². The third-order valence-electron chi connectivity index (χ3n) is 6.76. The Labute approximate surface area is 191 Å². The first-order valence-electron chi connectivity index (χ1n) is 11.4. The van der Waals surface area contributed by atoms with Gasteiger partial charge in [0.25, 0.3) is 0 Å². The smallest absolute Gasteiger partial charge is 0.243 e. The lowest BCUT2D eigenvalue weighted by Crippen LogP contribution is -2.38. The maximum absolute atomic E-state index is 13.3. The Hall–Kier alpha value is -2.38. The highest BCUT2D eigenvalue weighted by Crippen LogP contribution is 2.32. The zero-order chi connectivity index (χ0) is 22.7. The second-order valence-corrected chi connectivity index (χ2v) is 10.7. The molecule has 2 aliphatic rings. The van der Waals surface area contributed by atoms with Crippen LogP contribution in [-0.4, -0.2) is 45.4 Å². The number of carbonyl (C=O) groups excluding carboxylic acids is 1. The molecule has 7 heteroatoms. The molecule has 0 atom stereocenters. The van der Waals surface area contributed by atoms with Crippen LogP contribution in [0.2, 0.25) is 0 Å². The van der Waals surface area contributed by atoms with Crippen molar-refractivity contribution in [2.24, 2.45) is 5.92 Å². The maximum Gasteiger partial charge on any atom is 0.243 e. The van der Waals surface area contributed by atoms with E-state index in [2.05, 4.69) is 12.1 Å². The number of benzene rings is 2. The van der Waals surface area contributed by atoms with E-state index in [0.29, 0.717) is 30.4 Å². The Bertz CT molecular complexity index is 1060. The minimum Gasteiger partial charge on any atom is -0.497 e. The van der Waals surface area contributed by atoms with Crippen LogP contribution in [0.5, 0.6) is 5.75 Å². The summed E-state index contributed by atoms with van der Waals surface area (Å²) < 4.78 is 33.4. The highest BCUT2D eigenvalue weighted by molar-refractivity contribution is 7.89. The Balaban J connectivity index is 1.37. The molecule has 32 heavy (non-hydrogen) atoms. The standard InChI is InChI=1S/C25H32N2O4S/c1-19(28)27-15-3-4-22-18-24(11-12-25(22)27)32(29,30)26-16-13-21(14-17-26)6-5-20-7-9-23(31-2)10-8-20/h7-12,18,21H,3-6,13-17H2,1-2H3. The van der Waals surface area contributed by atoms with Crippen LogP contribution in [0.25, 0.3) is 0 Å². The average Bonchev–Trinajstić information content (AvgIpc) is 2.82. The molecule has 0 bridgehead atoms. The summed E-state index contributed by atoms with van der Waals surface area (Å²) in [7, 11) is -1.85. The molecule has 0 aromatic heterocycles. The molecule has 0 unspecified atom stereocenters. The minimum atomic E-state index is -3.52. The van der Waals surface area contributed by atoms with Gasteiger partial charge in [-0.25, -0.2) is 8.42 Å².